The van der Waals surface area contributed by atoms with Gasteiger partial charge in [-0.05, 0) is 58.9 Å². The largest absolute Gasteiger partial charge is 0.444 e. The summed E-state index contributed by atoms with van der Waals surface area (Å²) in [6.45, 7) is 9.05. The summed E-state index contributed by atoms with van der Waals surface area (Å²) in [7, 11) is 2.02. The van der Waals surface area contributed by atoms with Crippen LogP contribution in [0.25, 0.3) is 0 Å². The number of nitrogens with one attached hydrogen (secondary N) is 1. The Hall–Kier alpha value is -0.810. The number of carbonyl (C=O) groups is 1. The Morgan fingerprint density at radius 2 is 2.10 bits per heavy atom. The Balaban J connectivity index is 1.89. The van der Waals surface area contributed by atoms with Crippen molar-refractivity contribution >= 4 is 6.09 Å². The summed E-state index contributed by atoms with van der Waals surface area (Å²) in [5.41, 5.74) is -0.422. The number of likely N-dealkylation sites (tertiary alicyclic amines) is 1. The van der Waals surface area contributed by atoms with Crippen LogP contribution in [0.2, 0.25) is 0 Å². The Bertz CT molecular complexity index is 348. The van der Waals surface area contributed by atoms with E-state index in [1.54, 1.807) is 0 Å². The van der Waals surface area contributed by atoms with Crippen molar-refractivity contribution < 1.29 is 14.3 Å². The van der Waals surface area contributed by atoms with Crippen molar-refractivity contribution in [2.45, 2.75) is 51.7 Å². The highest BCUT2D eigenvalue weighted by Gasteiger charge is 2.37. The van der Waals surface area contributed by atoms with Gasteiger partial charge in [0.1, 0.15) is 5.60 Å². The lowest BCUT2D eigenvalue weighted by Gasteiger charge is -2.34. The molecular weight excluding hydrogens is 268 g/mol. The molecule has 1 N–H and O–H groups in total. The van der Waals surface area contributed by atoms with Crippen LogP contribution in [0.3, 0.4) is 0 Å². The standard InChI is InChI=1S/C16H30N2O3/c1-16(2,3)21-15(19)18-8-7-12(10-18)14(17-4)13-6-5-9-20-11-13/h12-14,17H,5-11H2,1-4H3. The fraction of sp³-hybridized carbons (Fsp3) is 0.938. The van der Waals surface area contributed by atoms with E-state index in [9.17, 15) is 4.79 Å². The number of nitrogens with zero attached hydrogens (tertiary/aromatic N) is 1. The van der Waals surface area contributed by atoms with Crippen LogP contribution < -0.4 is 5.32 Å². The Morgan fingerprint density at radius 3 is 2.67 bits per heavy atom. The van der Waals surface area contributed by atoms with Crippen molar-refractivity contribution in [1.29, 1.82) is 0 Å². The molecule has 3 atom stereocenters. The molecule has 2 fully saturated rings. The van der Waals surface area contributed by atoms with Crippen LogP contribution in [0, 0.1) is 11.8 Å². The fourth-order valence-corrected chi connectivity index (χ4v) is 3.48. The van der Waals surface area contributed by atoms with Gasteiger partial charge in [-0.2, -0.15) is 0 Å². The summed E-state index contributed by atoms with van der Waals surface area (Å²) < 4.78 is 11.1. The van der Waals surface area contributed by atoms with Crippen LogP contribution in [-0.2, 0) is 9.47 Å². The second-order valence-corrected chi connectivity index (χ2v) is 7.27. The van der Waals surface area contributed by atoms with Crippen molar-refractivity contribution in [3.05, 3.63) is 0 Å². The summed E-state index contributed by atoms with van der Waals surface area (Å²) in [6, 6.07) is 0.428. The van der Waals surface area contributed by atoms with Gasteiger partial charge in [-0.3, -0.25) is 0 Å². The van der Waals surface area contributed by atoms with Gasteiger partial charge in [0.05, 0.1) is 6.61 Å². The van der Waals surface area contributed by atoms with Crippen LogP contribution in [0.15, 0.2) is 0 Å². The van der Waals surface area contributed by atoms with E-state index >= 15 is 0 Å². The summed E-state index contributed by atoms with van der Waals surface area (Å²) in [5.74, 6) is 1.06. The van der Waals surface area contributed by atoms with Gasteiger partial charge in [-0.1, -0.05) is 0 Å². The van der Waals surface area contributed by atoms with Crippen molar-refractivity contribution in [2.75, 3.05) is 33.4 Å². The van der Waals surface area contributed by atoms with E-state index in [1.165, 1.54) is 6.42 Å². The third kappa shape index (κ3) is 4.58. The van der Waals surface area contributed by atoms with Gasteiger partial charge in [0.2, 0.25) is 0 Å². The van der Waals surface area contributed by atoms with Gasteiger partial charge in [0, 0.05) is 25.7 Å². The zero-order valence-corrected chi connectivity index (χ0v) is 13.9. The molecule has 5 nitrogen and oxygen atoms in total. The maximum absolute atomic E-state index is 12.2. The smallest absolute Gasteiger partial charge is 0.410 e. The monoisotopic (exact) mass is 298 g/mol. The number of carbonyl (C=O) groups excluding carboxylic acids is 1. The molecular formula is C16H30N2O3. The molecule has 1 amide bonds. The molecule has 0 radical (unpaired) electrons. The van der Waals surface area contributed by atoms with Crippen LogP contribution in [-0.4, -0.2) is 56.0 Å². The van der Waals surface area contributed by atoms with Crippen molar-refractivity contribution in [2.24, 2.45) is 11.8 Å². The quantitative estimate of drug-likeness (QED) is 0.868. The SMILES string of the molecule is CNC(C1CCCOC1)C1CCN(C(=O)OC(C)(C)C)C1. The predicted octanol–water partition coefficient (Wildman–Crippen LogP) is 2.26. The lowest BCUT2D eigenvalue weighted by atomic mass is 9.84. The minimum absolute atomic E-state index is 0.181. The summed E-state index contributed by atoms with van der Waals surface area (Å²) in [5, 5.41) is 3.46. The van der Waals surface area contributed by atoms with Gasteiger partial charge in [0.15, 0.2) is 0 Å². The Morgan fingerprint density at radius 1 is 1.33 bits per heavy atom. The van der Waals surface area contributed by atoms with E-state index in [1.807, 2.05) is 32.7 Å². The van der Waals surface area contributed by atoms with Crippen LogP contribution in [0.5, 0.6) is 0 Å². The molecule has 21 heavy (non-hydrogen) atoms. The highest BCUT2D eigenvalue weighted by Crippen LogP contribution is 2.29. The fourth-order valence-electron chi connectivity index (χ4n) is 3.48. The van der Waals surface area contributed by atoms with E-state index in [4.69, 9.17) is 9.47 Å². The van der Waals surface area contributed by atoms with E-state index in [0.717, 1.165) is 39.1 Å². The lowest BCUT2D eigenvalue weighted by Crippen LogP contribution is -2.45. The van der Waals surface area contributed by atoms with Crippen LogP contribution in [0.1, 0.15) is 40.0 Å². The topological polar surface area (TPSA) is 50.8 Å². The van der Waals surface area contributed by atoms with Crippen molar-refractivity contribution in [3.63, 3.8) is 0 Å². The first-order valence-corrected chi connectivity index (χ1v) is 8.13. The first kappa shape index (κ1) is 16.6. The molecule has 0 aliphatic carbocycles. The first-order valence-electron chi connectivity index (χ1n) is 8.13. The maximum Gasteiger partial charge on any atom is 0.410 e. The summed E-state index contributed by atoms with van der Waals surface area (Å²) in [4.78, 5) is 14.0. The number of amides is 1. The molecule has 2 saturated heterocycles. The molecule has 3 unspecified atom stereocenters. The Labute approximate surface area is 128 Å². The molecule has 2 heterocycles. The molecule has 122 valence electrons. The average molecular weight is 298 g/mol. The van der Waals surface area contributed by atoms with Crippen LogP contribution in [0.4, 0.5) is 4.79 Å². The number of hydrogen-bond acceptors (Lipinski definition) is 4. The van der Waals surface area contributed by atoms with Crippen molar-refractivity contribution in [1.82, 2.24) is 10.2 Å². The molecule has 0 saturated carbocycles. The first-order chi connectivity index (χ1) is 9.90. The molecule has 2 aliphatic heterocycles. The molecule has 0 aromatic rings. The molecule has 0 aromatic heterocycles. The molecule has 0 spiro atoms. The van der Waals surface area contributed by atoms with Gasteiger partial charge >= 0.3 is 6.09 Å². The number of ether oxygens (including phenoxy) is 2. The third-order valence-electron chi connectivity index (χ3n) is 4.42. The average Bonchev–Trinajstić information content (AvgIpc) is 2.89. The molecule has 5 heteroatoms. The van der Waals surface area contributed by atoms with Gasteiger partial charge in [-0.15, -0.1) is 0 Å². The second kappa shape index (κ2) is 6.97. The highest BCUT2D eigenvalue weighted by atomic mass is 16.6. The minimum atomic E-state index is -0.422. The normalized spacial score (nSPS) is 28.5. The third-order valence-corrected chi connectivity index (χ3v) is 4.42. The summed E-state index contributed by atoms with van der Waals surface area (Å²) in [6.07, 6.45) is 3.22. The second-order valence-electron chi connectivity index (χ2n) is 7.27. The minimum Gasteiger partial charge on any atom is -0.444 e. The van der Waals surface area contributed by atoms with E-state index in [2.05, 4.69) is 5.32 Å². The molecule has 2 rings (SSSR count). The Kier molecular flexibility index (Phi) is 5.49. The van der Waals surface area contributed by atoms with Gasteiger partial charge in [-0.25, -0.2) is 4.79 Å². The number of rotatable bonds is 3. The summed E-state index contributed by atoms with van der Waals surface area (Å²) >= 11 is 0. The van der Waals surface area contributed by atoms with Crippen LogP contribution >= 0.6 is 0 Å². The molecule has 0 aromatic carbocycles. The van der Waals surface area contributed by atoms with Gasteiger partial charge in [0.25, 0.3) is 0 Å². The van der Waals surface area contributed by atoms with E-state index in [-0.39, 0.29) is 6.09 Å². The molecule has 0 bridgehead atoms. The maximum atomic E-state index is 12.2. The number of hydrogen-bond donors (Lipinski definition) is 1. The van der Waals surface area contributed by atoms with E-state index in [0.29, 0.717) is 17.9 Å². The molecule has 2 aliphatic rings. The predicted molar refractivity (Wildman–Crippen MR) is 82.3 cm³/mol. The zero-order chi connectivity index (χ0) is 15.5. The highest BCUT2D eigenvalue weighted by molar-refractivity contribution is 5.68. The van der Waals surface area contributed by atoms with Gasteiger partial charge < -0.3 is 19.7 Å². The zero-order valence-electron chi connectivity index (χ0n) is 13.9. The van der Waals surface area contributed by atoms with E-state index < -0.39 is 5.60 Å². The van der Waals surface area contributed by atoms with Crippen molar-refractivity contribution in [3.8, 4) is 0 Å². The lowest BCUT2D eigenvalue weighted by molar-refractivity contribution is 0.0232.